The molecule has 2 aromatic rings. The number of rotatable bonds is 4. The zero-order valence-corrected chi connectivity index (χ0v) is 13.0. The van der Waals surface area contributed by atoms with E-state index in [0.717, 1.165) is 15.7 Å². The van der Waals surface area contributed by atoms with Crippen LogP contribution in [0.25, 0.3) is 0 Å². The van der Waals surface area contributed by atoms with Crippen molar-refractivity contribution in [2.24, 2.45) is 0 Å². The molecule has 0 aliphatic heterocycles. The van der Waals surface area contributed by atoms with Gasteiger partial charge in [-0.05, 0) is 35.9 Å². The summed E-state index contributed by atoms with van der Waals surface area (Å²) in [5, 5.41) is 14.0. The average molecular weight is 361 g/mol. The van der Waals surface area contributed by atoms with Gasteiger partial charge in [-0.3, -0.25) is 0 Å². The van der Waals surface area contributed by atoms with Gasteiger partial charge in [-0.25, -0.2) is 0 Å². The predicted octanol–water partition coefficient (Wildman–Crippen LogP) is 4.90. The molecule has 0 fully saturated rings. The van der Waals surface area contributed by atoms with Gasteiger partial charge in [0, 0.05) is 20.2 Å². The molecule has 1 unspecified atom stereocenters. The minimum absolute atomic E-state index is 0.0616. The Kier molecular flexibility index (Phi) is 5.11. The summed E-state index contributed by atoms with van der Waals surface area (Å²) in [7, 11) is 0. The van der Waals surface area contributed by atoms with Crippen LogP contribution in [0.15, 0.2) is 46.9 Å². The van der Waals surface area contributed by atoms with Gasteiger partial charge >= 0.3 is 0 Å². The molecular weight excluding hydrogens is 349 g/mol. The number of nitrogens with one attached hydrogen (secondary N) is 1. The van der Waals surface area contributed by atoms with Crippen molar-refractivity contribution in [1.29, 1.82) is 0 Å². The monoisotopic (exact) mass is 359 g/mol. The first-order valence-electron chi connectivity index (χ1n) is 5.68. The first-order chi connectivity index (χ1) is 9.10. The number of benzene rings is 2. The zero-order valence-electron chi connectivity index (χ0n) is 9.91. The summed E-state index contributed by atoms with van der Waals surface area (Å²) in [6.45, 7) is -0.0616. The topological polar surface area (TPSA) is 32.3 Å². The molecular formula is C14H12BrCl2NO. The van der Waals surface area contributed by atoms with Crippen LogP contribution in [-0.4, -0.2) is 11.7 Å². The molecule has 0 aromatic heterocycles. The largest absolute Gasteiger partial charge is 0.394 e. The Labute approximate surface area is 130 Å². The fourth-order valence-electron chi connectivity index (χ4n) is 1.79. The summed E-state index contributed by atoms with van der Waals surface area (Å²) < 4.78 is 0.903. The van der Waals surface area contributed by atoms with Crippen LogP contribution in [0.2, 0.25) is 10.0 Å². The lowest BCUT2D eigenvalue weighted by Gasteiger charge is -2.19. The van der Waals surface area contributed by atoms with E-state index in [2.05, 4.69) is 21.2 Å². The van der Waals surface area contributed by atoms with Crippen molar-refractivity contribution in [3.05, 3.63) is 62.5 Å². The molecule has 0 radical (unpaired) electrons. The molecule has 0 saturated heterocycles. The second kappa shape index (κ2) is 6.62. The third-order valence-corrected chi connectivity index (χ3v) is 3.74. The summed E-state index contributed by atoms with van der Waals surface area (Å²) in [5.74, 6) is 0. The Hall–Kier alpha value is -0.740. The highest BCUT2D eigenvalue weighted by molar-refractivity contribution is 9.10. The second-order valence-corrected chi connectivity index (χ2v) is 5.81. The summed E-state index contributed by atoms with van der Waals surface area (Å²) >= 11 is 15.5. The van der Waals surface area contributed by atoms with E-state index in [-0.39, 0.29) is 12.6 Å². The maximum absolute atomic E-state index is 9.54. The molecule has 0 saturated carbocycles. The van der Waals surface area contributed by atoms with Gasteiger partial charge in [-0.2, -0.15) is 0 Å². The van der Waals surface area contributed by atoms with E-state index in [1.54, 1.807) is 18.2 Å². The molecule has 2 aromatic carbocycles. The maximum Gasteiger partial charge on any atom is 0.0759 e. The molecule has 0 aliphatic carbocycles. The van der Waals surface area contributed by atoms with E-state index in [4.69, 9.17) is 23.2 Å². The second-order valence-electron chi connectivity index (χ2n) is 4.06. The Morgan fingerprint density at radius 3 is 2.58 bits per heavy atom. The summed E-state index contributed by atoms with van der Waals surface area (Å²) in [6, 6.07) is 12.6. The highest BCUT2D eigenvalue weighted by Crippen LogP contribution is 2.29. The van der Waals surface area contributed by atoms with Crippen LogP contribution in [0.1, 0.15) is 11.6 Å². The average Bonchev–Trinajstić information content (AvgIpc) is 2.37. The van der Waals surface area contributed by atoms with Crippen LogP contribution in [0.3, 0.4) is 0 Å². The molecule has 0 amide bonds. The fourth-order valence-corrected chi connectivity index (χ4v) is 2.78. The van der Waals surface area contributed by atoms with E-state index < -0.39 is 0 Å². The quantitative estimate of drug-likeness (QED) is 0.812. The number of hydrogen-bond acceptors (Lipinski definition) is 2. The van der Waals surface area contributed by atoms with E-state index >= 15 is 0 Å². The lowest BCUT2D eigenvalue weighted by atomic mass is 10.1. The van der Waals surface area contributed by atoms with E-state index in [1.807, 2.05) is 24.3 Å². The molecule has 2 N–H and O–H groups in total. The third kappa shape index (κ3) is 3.86. The first-order valence-corrected chi connectivity index (χ1v) is 7.23. The van der Waals surface area contributed by atoms with Crippen molar-refractivity contribution < 1.29 is 5.11 Å². The van der Waals surface area contributed by atoms with E-state index in [1.165, 1.54) is 0 Å². The van der Waals surface area contributed by atoms with Crippen molar-refractivity contribution in [1.82, 2.24) is 0 Å². The molecule has 0 bridgehead atoms. The minimum atomic E-state index is -0.279. The Bertz CT molecular complexity index is 577. The van der Waals surface area contributed by atoms with Crippen molar-refractivity contribution in [3.8, 4) is 0 Å². The summed E-state index contributed by atoms with van der Waals surface area (Å²) in [4.78, 5) is 0. The van der Waals surface area contributed by atoms with Crippen molar-refractivity contribution in [2.45, 2.75) is 6.04 Å². The van der Waals surface area contributed by atoms with Gasteiger partial charge in [0.1, 0.15) is 0 Å². The van der Waals surface area contributed by atoms with Gasteiger partial charge in [-0.1, -0.05) is 51.3 Å². The van der Waals surface area contributed by atoms with E-state index in [0.29, 0.717) is 10.0 Å². The molecule has 0 aliphatic rings. The molecule has 0 heterocycles. The highest BCUT2D eigenvalue weighted by Gasteiger charge is 2.14. The van der Waals surface area contributed by atoms with Crippen molar-refractivity contribution in [3.63, 3.8) is 0 Å². The minimum Gasteiger partial charge on any atom is -0.394 e. The molecule has 100 valence electrons. The molecule has 19 heavy (non-hydrogen) atoms. The van der Waals surface area contributed by atoms with Crippen LogP contribution < -0.4 is 5.32 Å². The lowest BCUT2D eigenvalue weighted by molar-refractivity contribution is 0.276. The van der Waals surface area contributed by atoms with Crippen LogP contribution in [-0.2, 0) is 0 Å². The van der Waals surface area contributed by atoms with Crippen LogP contribution in [0.5, 0.6) is 0 Å². The van der Waals surface area contributed by atoms with Crippen LogP contribution in [0.4, 0.5) is 5.69 Å². The number of hydrogen-bond donors (Lipinski definition) is 2. The third-order valence-electron chi connectivity index (χ3n) is 2.69. The number of aliphatic hydroxyl groups excluding tert-OH is 1. The number of anilines is 1. The number of halogens is 3. The normalized spacial score (nSPS) is 12.2. The maximum atomic E-state index is 9.54. The van der Waals surface area contributed by atoms with E-state index in [9.17, 15) is 5.11 Å². The highest BCUT2D eigenvalue weighted by atomic mass is 79.9. The fraction of sp³-hybridized carbons (Fsp3) is 0.143. The Morgan fingerprint density at radius 2 is 1.95 bits per heavy atom. The van der Waals surface area contributed by atoms with Gasteiger partial charge in [0.05, 0.1) is 12.6 Å². The summed E-state index contributed by atoms with van der Waals surface area (Å²) in [6.07, 6.45) is 0. The number of aliphatic hydroxyl groups is 1. The lowest BCUT2D eigenvalue weighted by Crippen LogP contribution is -2.15. The van der Waals surface area contributed by atoms with Crippen LogP contribution in [0, 0.1) is 0 Å². The first kappa shape index (κ1) is 14.7. The Morgan fingerprint density at radius 1 is 1.16 bits per heavy atom. The molecule has 0 spiro atoms. The standard InChI is InChI=1S/C14H12BrCl2NO/c15-9-4-5-12(13(17)6-9)14(8-19)18-11-3-1-2-10(16)7-11/h1-7,14,18-19H,8H2. The van der Waals surface area contributed by atoms with Crippen LogP contribution >= 0.6 is 39.1 Å². The van der Waals surface area contributed by atoms with Gasteiger partial charge < -0.3 is 10.4 Å². The van der Waals surface area contributed by atoms with Gasteiger partial charge in [0.15, 0.2) is 0 Å². The molecule has 1 atom stereocenters. The molecule has 2 rings (SSSR count). The van der Waals surface area contributed by atoms with Gasteiger partial charge in [-0.15, -0.1) is 0 Å². The smallest absolute Gasteiger partial charge is 0.0759 e. The summed E-state index contributed by atoms with van der Waals surface area (Å²) in [5.41, 5.74) is 1.68. The zero-order chi connectivity index (χ0) is 13.8. The van der Waals surface area contributed by atoms with Crippen molar-refractivity contribution in [2.75, 3.05) is 11.9 Å². The Balaban J connectivity index is 2.25. The predicted molar refractivity (Wildman–Crippen MR) is 84.1 cm³/mol. The van der Waals surface area contributed by atoms with Crippen molar-refractivity contribution >= 4 is 44.8 Å². The molecule has 5 heteroatoms. The van der Waals surface area contributed by atoms with Gasteiger partial charge in [0.2, 0.25) is 0 Å². The molecule has 2 nitrogen and oxygen atoms in total. The SMILES string of the molecule is OCC(Nc1cccc(Cl)c1)c1ccc(Br)cc1Cl. The van der Waals surface area contributed by atoms with Gasteiger partial charge in [0.25, 0.3) is 0 Å².